The second-order valence-electron chi connectivity index (χ2n) is 5.78. The standard InChI is InChI=1S/C18H19N3O3S/c1-10-6-5-7-11(2)15(10)19-16(22)13(4)25-18-21-20-17(24-18)14-8-9-23-12(14)3/h5-9,13H,1-4H3,(H,19,22). The van der Waals surface area contributed by atoms with E-state index in [1.165, 1.54) is 11.8 Å². The second kappa shape index (κ2) is 7.14. The minimum Gasteiger partial charge on any atom is -0.469 e. The number of nitrogens with one attached hydrogen (secondary N) is 1. The van der Waals surface area contributed by atoms with Crippen molar-refractivity contribution in [1.29, 1.82) is 0 Å². The van der Waals surface area contributed by atoms with Gasteiger partial charge >= 0.3 is 0 Å². The number of benzene rings is 1. The number of thioether (sulfide) groups is 1. The van der Waals surface area contributed by atoms with E-state index in [1.807, 2.05) is 39.0 Å². The first-order valence-electron chi connectivity index (χ1n) is 7.87. The van der Waals surface area contributed by atoms with Crippen LogP contribution in [0.2, 0.25) is 0 Å². The summed E-state index contributed by atoms with van der Waals surface area (Å²) in [5.74, 6) is 0.985. The molecule has 25 heavy (non-hydrogen) atoms. The minimum atomic E-state index is -0.377. The summed E-state index contributed by atoms with van der Waals surface area (Å²) in [6, 6.07) is 7.68. The highest BCUT2D eigenvalue weighted by Gasteiger charge is 2.20. The Hall–Kier alpha value is -2.54. The van der Waals surface area contributed by atoms with Crippen LogP contribution in [0.5, 0.6) is 0 Å². The van der Waals surface area contributed by atoms with Crippen LogP contribution >= 0.6 is 11.8 Å². The van der Waals surface area contributed by atoms with Crippen molar-refractivity contribution in [3.05, 3.63) is 47.4 Å². The minimum absolute atomic E-state index is 0.110. The van der Waals surface area contributed by atoms with Crippen LogP contribution in [0.1, 0.15) is 23.8 Å². The van der Waals surface area contributed by atoms with Crippen molar-refractivity contribution in [1.82, 2.24) is 10.2 Å². The third-order valence-electron chi connectivity index (χ3n) is 3.87. The topological polar surface area (TPSA) is 81.2 Å². The van der Waals surface area contributed by atoms with Gasteiger partial charge in [-0.15, -0.1) is 10.2 Å². The van der Waals surface area contributed by atoms with Crippen LogP contribution in [0.25, 0.3) is 11.5 Å². The molecule has 0 saturated carbocycles. The van der Waals surface area contributed by atoms with Crippen LogP contribution in [0.15, 0.2) is 44.6 Å². The zero-order valence-corrected chi connectivity index (χ0v) is 15.3. The number of anilines is 1. The zero-order chi connectivity index (χ0) is 18.0. The molecular formula is C18H19N3O3S. The van der Waals surface area contributed by atoms with Gasteiger partial charge in [0, 0.05) is 5.69 Å². The van der Waals surface area contributed by atoms with Gasteiger partial charge in [0.25, 0.3) is 11.1 Å². The molecule has 2 aromatic heterocycles. The molecule has 0 aliphatic carbocycles. The van der Waals surface area contributed by atoms with Gasteiger partial charge in [-0.1, -0.05) is 30.0 Å². The predicted molar refractivity (Wildman–Crippen MR) is 96.6 cm³/mol. The summed E-state index contributed by atoms with van der Waals surface area (Å²) in [5, 5.41) is 11.0. The summed E-state index contributed by atoms with van der Waals surface area (Å²) in [7, 11) is 0. The number of carbonyl (C=O) groups is 1. The lowest BCUT2D eigenvalue weighted by molar-refractivity contribution is -0.115. The lowest BCUT2D eigenvalue weighted by Gasteiger charge is -2.14. The van der Waals surface area contributed by atoms with Gasteiger partial charge in [-0.2, -0.15) is 0 Å². The molecule has 0 spiro atoms. The fraction of sp³-hybridized carbons (Fsp3) is 0.278. The number of amides is 1. The summed E-state index contributed by atoms with van der Waals surface area (Å²) >= 11 is 1.22. The van der Waals surface area contributed by atoms with Crippen LogP contribution in [-0.4, -0.2) is 21.4 Å². The molecule has 0 aliphatic heterocycles. The number of furan rings is 1. The summed E-state index contributed by atoms with van der Waals surface area (Å²) in [6.07, 6.45) is 1.57. The van der Waals surface area contributed by atoms with E-state index >= 15 is 0 Å². The molecule has 3 rings (SSSR count). The van der Waals surface area contributed by atoms with E-state index < -0.39 is 0 Å². The van der Waals surface area contributed by atoms with Gasteiger partial charge in [0.2, 0.25) is 5.91 Å². The molecule has 1 N–H and O–H groups in total. The van der Waals surface area contributed by atoms with Crippen LogP contribution in [0.3, 0.4) is 0 Å². The predicted octanol–water partition coefficient (Wildman–Crippen LogP) is 4.37. The molecule has 6 nitrogen and oxygen atoms in total. The molecule has 0 bridgehead atoms. The number of rotatable bonds is 5. The molecule has 0 radical (unpaired) electrons. The number of hydrogen-bond donors (Lipinski definition) is 1. The number of aryl methyl sites for hydroxylation is 3. The van der Waals surface area contributed by atoms with E-state index in [2.05, 4.69) is 15.5 Å². The molecule has 1 amide bonds. The first-order chi connectivity index (χ1) is 12.0. The molecule has 1 unspecified atom stereocenters. The Balaban J connectivity index is 1.68. The maximum Gasteiger partial charge on any atom is 0.277 e. The van der Waals surface area contributed by atoms with Crippen LogP contribution in [-0.2, 0) is 4.79 Å². The Labute approximate surface area is 150 Å². The number of aromatic nitrogens is 2. The third kappa shape index (κ3) is 3.76. The van der Waals surface area contributed by atoms with Gasteiger partial charge < -0.3 is 14.2 Å². The average molecular weight is 357 g/mol. The summed E-state index contributed by atoms with van der Waals surface area (Å²) in [4.78, 5) is 12.5. The maximum atomic E-state index is 12.5. The van der Waals surface area contributed by atoms with Crippen molar-refractivity contribution in [2.75, 3.05) is 5.32 Å². The normalized spacial score (nSPS) is 12.2. The Morgan fingerprint density at radius 2 is 1.88 bits per heavy atom. The van der Waals surface area contributed by atoms with Crippen molar-refractivity contribution in [2.45, 2.75) is 38.2 Å². The molecule has 1 atom stereocenters. The van der Waals surface area contributed by atoms with Gasteiger partial charge in [-0.05, 0) is 44.9 Å². The Morgan fingerprint density at radius 3 is 2.52 bits per heavy atom. The quantitative estimate of drug-likeness (QED) is 0.683. The van der Waals surface area contributed by atoms with Gasteiger partial charge in [0.1, 0.15) is 5.76 Å². The van der Waals surface area contributed by atoms with E-state index in [4.69, 9.17) is 8.83 Å². The van der Waals surface area contributed by atoms with Crippen LogP contribution < -0.4 is 5.32 Å². The first kappa shape index (κ1) is 17.3. The Morgan fingerprint density at radius 1 is 1.16 bits per heavy atom. The van der Waals surface area contributed by atoms with Crippen molar-refractivity contribution < 1.29 is 13.6 Å². The number of nitrogens with zero attached hydrogens (tertiary/aromatic N) is 2. The lowest BCUT2D eigenvalue weighted by Crippen LogP contribution is -2.23. The summed E-state index contributed by atoms with van der Waals surface area (Å²) in [5.41, 5.74) is 3.66. The first-order valence-corrected chi connectivity index (χ1v) is 8.75. The summed E-state index contributed by atoms with van der Waals surface area (Å²) in [6.45, 7) is 7.57. The zero-order valence-electron chi connectivity index (χ0n) is 14.5. The van der Waals surface area contributed by atoms with E-state index in [0.29, 0.717) is 16.9 Å². The lowest BCUT2D eigenvalue weighted by atomic mass is 10.1. The molecule has 1 aromatic carbocycles. The van der Waals surface area contributed by atoms with Gasteiger partial charge in [0.15, 0.2) is 0 Å². The molecule has 7 heteroatoms. The molecule has 3 aromatic rings. The van der Waals surface area contributed by atoms with Crippen molar-refractivity contribution in [2.24, 2.45) is 0 Å². The molecule has 2 heterocycles. The Bertz CT molecular complexity index is 880. The second-order valence-corrected chi connectivity index (χ2v) is 7.07. The summed E-state index contributed by atoms with van der Waals surface area (Å²) < 4.78 is 10.9. The van der Waals surface area contributed by atoms with E-state index in [0.717, 1.165) is 22.4 Å². The number of para-hydroxylation sites is 1. The SMILES string of the molecule is Cc1cccc(C)c1NC(=O)C(C)Sc1nnc(-c2ccoc2C)o1. The van der Waals surface area contributed by atoms with Gasteiger partial charge in [-0.3, -0.25) is 4.79 Å². The number of carbonyl (C=O) groups excluding carboxylic acids is 1. The van der Waals surface area contributed by atoms with Crippen molar-refractivity contribution >= 4 is 23.4 Å². The van der Waals surface area contributed by atoms with E-state index in [1.54, 1.807) is 19.3 Å². The highest BCUT2D eigenvalue weighted by Crippen LogP contribution is 2.29. The third-order valence-corrected chi connectivity index (χ3v) is 4.81. The average Bonchev–Trinajstić information content (AvgIpc) is 3.19. The fourth-order valence-corrected chi connectivity index (χ4v) is 3.10. The monoisotopic (exact) mass is 357 g/mol. The van der Waals surface area contributed by atoms with Crippen LogP contribution in [0, 0.1) is 20.8 Å². The van der Waals surface area contributed by atoms with Crippen molar-refractivity contribution in [3.8, 4) is 11.5 Å². The van der Waals surface area contributed by atoms with Gasteiger partial charge in [0.05, 0.1) is 17.1 Å². The Kier molecular flexibility index (Phi) is 4.94. The van der Waals surface area contributed by atoms with Crippen molar-refractivity contribution in [3.63, 3.8) is 0 Å². The highest BCUT2D eigenvalue weighted by molar-refractivity contribution is 8.00. The molecule has 0 saturated heterocycles. The number of hydrogen-bond acceptors (Lipinski definition) is 6. The smallest absolute Gasteiger partial charge is 0.277 e. The van der Waals surface area contributed by atoms with Gasteiger partial charge in [-0.25, -0.2) is 0 Å². The molecule has 0 aliphatic rings. The molecular weight excluding hydrogens is 338 g/mol. The van der Waals surface area contributed by atoms with Crippen LogP contribution in [0.4, 0.5) is 5.69 Å². The molecule has 0 fully saturated rings. The largest absolute Gasteiger partial charge is 0.469 e. The van der Waals surface area contributed by atoms with E-state index in [9.17, 15) is 4.79 Å². The maximum absolute atomic E-state index is 12.5. The fourth-order valence-electron chi connectivity index (χ4n) is 2.41. The highest BCUT2D eigenvalue weighted by atomic mass is 32.2. The molecule has 130 valence electrons. The van der Waals surface area contributed by atoms with E-state index in [-0.39, 0.29) is 11.2 Å².